The van der Waals surface area contributed by atoms with Gasteiger partial charge in [-0.05, 0) is 42.0 Å². The van der Waals surface area contributed by atoms with Crippen molar-refractivity contribution in [3.63, 3.8) is 0 Å². The molecule has 0 radical (unpaired) electrons. The first-order chi connectivity index (χ1) is 9.11. The molecule has 3 heteroatoms. The van der Waals surface area contributed by atoms with Crippen LogP contribution in [0.3, 0.4) is 0 Å². The van der Waals surface area contributed by atoms with Gasteiger partial charge in [-0.1, -0.05) is 26.0 Å². The Morgan fingerprint density at radius 3 is 3.00 bits per heavy atom. The zero-order valence-corrected chi connectivity index (χ0v) is 12.0. The van der Waals surface area contributed by atoms with Gasteiger partial charge in [0.05, 0.1) is 6.61 Å². The summed E-state index contributed by atoms with van der Waals surface area (Å²) in [4.78, 5) is 0. The maximum atomic E-state index is 8.99. The Morgan fingerprint density at radius 1 is 1.37 bits per heavy atom. The summed E-state index contributed by atoms with van der Waals surface area (Å²) in [5, 5.41) is 12.5. The SMILES string of the molecule is CC(C)(CCO)CNCCc1ccc2c(c1)CCO2. The molecule has 0 saturated carbocycles. The summed E-state index contributed by atoms with van der Waals surface area (Å²) in [6.07, 6.45) is 2.93. The third-order valence-electron chi connectivity index (χ3n) is 3.74. The molecule has 0 atom stereocenters. The molecule has 0 bridgehead atoms. The molecule has 0 unspecified atom stereocenters. The van der Waals surface area contributed by atoms with Crippen LogP contribution in [0.5, 0.6) is 5.75 Å². The molecule has 0 saturated heterocycles. The molecule has 1 aromatic rings. The fourth-order valence-electron chi connectivity index (χ4n) is 2.45. The predicted octanol–water partition coefficient (Wildman–Crippen LogP) is 2.16. The third-order valence-corrected chi connectivity index (χ3v) is 3.74. The zero-order valence-electron chi connectivity index (χ0n) is 12.0. The average molecular weight is 263 g/mol. The van der Waals surface area contributed by atoms with Crippen molar-refractivity contribution in [2.24, 2.45) is 5.41 Å². The topological polar surface area (TPSA) is 41.5 Å². The number of benzene rings is 1. The smallest absolute Gasteiger partial charge is 0.122 e. The zero-order chi connectivity index (χ0) is 13.7. The molecule has 106 valence electrons. The summed E-state index contributed by atoms with van der Waals surface area (Å²) in [7, 11) is 0. The second-order valence-electron chi connectivity index (χ2n) is 6.11. The maximum Gasteiger partial charge on any atom is 0.122 e. The molecule has 1 heterocycles. The lowest BCUT2D eigenvalue weighted by Gasteiger charge is -2.24. The van der Waals surface area contributed by atoms with Crippen molar-refractivity contribution in [1.82, 2.24) is 5.32 Å². The number of hydrogen-bond donors (Lipinski definition) is 2. The van der Waals surface area contributed by atoms with Crippen LogP contribution in [0.1, 0.15) is 31.4 Å². The van der Waals surface area contributed by atoms with Gasteiger partial charge in [0, 0.05) is 19.6 Å². The van der Waals surface area contributed by atoms with E-state index in [1.54, 1.807) is 0 Å². The first-order valence-corrected chi connectivity index (χ1v) is 7.17. The Hall–Kier alpha value is -1.06. The lowest BCUT2D eigenvalue weighted by molar-refractivity contribution is 0.207. The van der Waals surface area contributed by atoms with E-state index in [-0.39, 0.29) is 12.0 Å². The highest BCUT2D eigenvalue weighted by molar-refractivity contribution is 5.39. The van der Waals surface area contributed by atoms with Crippen LogP contribution < -0.4 is 10.1 Å². The molecule has 0 aliphatic carbocycles. The van der Waals surface area contributed by atoms with Gasteiger partial charge in [0.2, 0.25) is 0 Å². The summed E-state index contributed by atoms with van der Waals surface area (Å²) in [6.45, 7) is 7.38. The fourth-order valence-corrected chi connectivity index (χ4v) is 2.45. The monoisotopic (exact) mass is 263 g/mol. The largest absolute Gasteiger partial charge is 0.493 e. The van der Waals surface area contributed by atoms with Crippen molar-refractivity contribution in [3.8, 4) is 5.75 Å². The Morgan fingerprint density at radius 2 is 2.21 bits per heavy atom. The van der Waals surface area contributed by atoms with Gasteiger partial charge in [-0.2, -0.15) is 0 Å². The summed E-state index contributed by atoms with van der Waals surface area (Å²) in [6, 6.07) is 6.51. The number of ether oxygens (including phenoxy) is 1. The van der Waals surface area contributed by atoms with Crippen molar-refractivity contribution in [2.45, 2.75) is 33.1 Å². The maximum absolute atomic E-state index is 8.99. The van der Waals surface area contributed by atoms with Gasteiger partial charge in [-0.25, -0.2) is 0 Å². The summed E-state index contributed by atoms with van der Waals surface area (Å²) in [5.41, 5.74) is 2.88. The highest BCUT2D eigenvalue weighted by Gasteiger charge is 2.16. The van der Waals surface area contributed by atoms with E-state index in [9.17, 15) is 0 Å². The van der Waals surface area contributed by atoms with Gasteiger partial charge in [0.25, 0.3) is 0 Å². The summed E-state index contributed by atoms with van der Waals surface area (Å²) >= 11 is 0. The molecule has 1 aliphatic rings. The minimum absolute atomic E-state index is 0.167. The lowest BCUT2D eigenvalue weighted by Crippen LogP contribution is -2.31. The average Bonchev–Trinajstić information content (AvgIpc) is 2.82. The molecule has 3 nitrogen and oxygen atoms in total. The molecular weight excluding hydrogens is 238 g/mol. The molecule has 19 heavy (non-hydrogen) atoms. The van der Waals surface area contributed by atoms with Gasteiger partial charge < -0.3 is 15.2 Å². The van der Waals surface area contributed by atoms with Crippen LogP contribution in [0.25, 0.3) is 0 Å². The van der Waals surface area contributed by atoms with Crippen LogP contribution in [0.4, 0.5) is 0 Å². The summed E-state index contributed by atoms with van der Waals surface area (Å²) < 4.78 is 5.51. The van der Waals surface area contributed by atoms with Crippen LogP contribution in [0, 0.1) is 5.41 Å². The van der Waals surface area contributed by atoms with Crippen LogP contribution in [-0.4, -0.2) is 31.4 Å². The minimum Gasteiger partial charge on any atom is -0.493 e. The van der Waals surface area contributed by atoms with E-state index in [2.05, 4.69) is 37.4 Å². The van der Waals surface area contributed by atoms with Crippen molar-refractivity contribution in [1.29, 1.82) is 0 Å². The standard InChI is InChI=1S/C16H25NO2/c1-16(2,7-9-18)12-17-8-5-13-3-4-15-14(11-13)6-10-19-15/h3-4,11,17-18H,5-10,12H2,1-2H3. The van der Waals surface area contributed by atoms with E-state index in [0.29, 0.717) is 0 Å². The van der Waals surface area contributed by atoms with Crippen molar-refractivity contribution in [3.05, 3.63) is 29.3 Å². The van der Waals surface area contributed by atoms with Crippen LogP contribution in [0.15, 0.2) is 18.2 Å². The lowest BCUT2D eigenvalue weighted by atomic mass is 9.90. The van der Waals surface area contributed by atoms with E-state index in [1.807, 2.05) is 0 Å². The molecule has 0 amide bonds. The minimum atomic E-state index is 0.167. The predicted molar refractivity (Wildman–Crippen MR) is 77.7 cm³/mol. The van der Waals surface area contributed by atoms with E-state index < -0.39 is 0 Å². The van der Waals surface area contributed by atoms with E-state index in [4.69, 9.17) is 9.84 Å². The second kappa shape index (κ2) is 6.40. The molecule has 2 rings (SSSR count). The third kappa shape index (κ3) is 4.22. The normalized spacial score (nSPS) is 14.3. The fraction of sp³-hybridized carbons (Fsp3) is 0.625. The first-order valence-electron chi connectivity index (χ1n) is 7.17. The van der Waals surface area contributed by atoms with Gasteiger partial charge in [0.1, 0.15) is 5.75 Å². The van der Waals surface area contributed by atoms with E-state index in [1.165, 1.54) is 11.1 Å². The van der Waals surface area contributed by atoms with Gasteiger partial charge in [0.15, 0.2) is 0 Å². The second-order valence-corrected chi connectivity index (χ2v) is 6.11. The number of aliphatic hydroxyl groups is 1. The van der Waals surface area contributed by atoms with Crippen molar-refractivity contribution in [2.75, 3.05) is 26.3 Å². The Bertz CT molecular complexity index is 415. The Balaban J connectivity index is 1.74. The van der Waals surface area contributed by atoms with Gasteiger partial charge >= 0.3 is 0 Å². The first kappa shape index (κ1) is 14.4. The Labute approximate surface area is 116 Å². The molecule has 2 N–H and O–H groups in total. The van der Waals surface area contributed by atoms with Crippen molar-refractivity contribution >= 4 is 0 Å². The highest BCUT2D eigenvalue weighted by atomic mass is 16.5. The number of rotatable bonds is 7. The van der Waals surface area contributed by atoms with Crippen LogP contribution >= 0.6 is 0 Å². The molecular formula is C16H25NO2. The molecule has 0 aromatic heterocycles. The van der Waals surface area contributed by atoms with Crippen LogP contribution in [-0.2, 0) is 12.8 Å². The quantitative estimate of drug-likeness (QED) is 0.741. The van der Waals surface area contributed by atoms with E-state index >= 15 is 0 Å². The molecule has 1 aliphatic heterocycles. The molecule has 0 spiro atoms. The highest BCUT2D eigenvalue weighted by Crippen LogP contribution is 2.26. The number of hydrogen-bond acceptors (Lipinski definition) is 3. The molecule has 1 aromatic carbocycles. The summed E-state index contributed by atoms with van der Waals surface area (Å²) in [5.74, 6) is 1.06. The molecule has 0 fully saturated rings. The number of nitrogens with one attached hydrogen (secondary N) is 1. The van der Waals surface area contributed by atoms with E-state index in [0.717, 1.165) is 44.7 Å². The van der Waals surface area contributed by atoms with Crippen LogP contribution in [0.2, 0.25) is 0 Å². The number of aliphatic hydroxyl groups excluding tert-OH is 1. The van der Waals surface area contributed by atoms with Gasteiger partial charge in [-0.3, -0.25) is 0 Å². The Kier molecular flexibility index (Phi) is 4.83. The van der Waals surface area contributed by atoms with Crippen molar-refractivity contribution < 1.29 is 9.84 Å². The van der Waals surface area contributed by atoms with Gasteiger partial charge in [-0.15, -0.1) is 0 Å². The number of fused-ring (bicyclic) bond motifs is 1.